The predicted molar refractivity (Wildman–Crippen MR) is 80.4 cm³/mol. The molecule has 21 heavy (non-hydrogen) atoms. The van der Waals surface area contributed by atoms with E-state index in [-0.39, 0.29) is 0 Å². The van der Waals surface area contributed by atoms with Gasteiger partial charge in [0.1, 0.15) is 0 Å². The Hall–Kier alpha value is -1.85. The third-order valence-electron chi connectivity index (χ3n) is 2.96. The van der Waals surface area contributed by atoms with Crippen LogP contribution in [0.4, 0.5) is 0 Å². The summed E-state index contributed by atoms with van der Waals surface area (Å²) in [4.78, 5) is 4.35. The Bertz CT molecular complexity index is 766. The number of rotatable bonds is 4. The monoisotopic (exact) mass is 322 g/mol. The first-order valence-corrected chi connectivity index (χ1v) is 7.14. The van der Waals surface area contributed by atoms with Crippen molar-refractivity contribution < 1.29 is 4.52 Å². The van der Waals surface area contributed by atoms with Crippen LogP contribution in [0.5, 0.6) is 0 Å². The van der Waals surface area contributed by atoms with Gasteiger partial charge in [-0.1, -0.05) is 28.4 Å². The molecular weight excluding hydrogens is 311 g/mol. The Labute approximate surface area is 131 Å². The summed E-state index contributed by atoms with van der Waals surface area (Å²) in [6.45, 7) is 2.68. The van der Waals surface area contributed by atoms with Gasteiger partial charge >= 0.3 is 0 Å². The molecule has 5 nitrogen and oxygen atoms in total. The second kappa shape index (κ2) is 5.87. The van der Waals surface area contributed by atoms with Crippen molar-refractivity contribution in [2.24, 2.45) is 0 Å². The van der Waals surface area contributed by atoms with Gasteiger partial charge in [-0.25, -0.2) is 0 Å². The van der Waals surface area contributed by atoms with E-state index in [1.807, 2.05) is 24.0 Å². The standard InChI is InChI=1S/C14H12Cl2N4O/c1-9-7-17-20(8-9)5-4-13-18-14(19-21-13)11-3-2-10(15)6-12(11)16/h2-3,6-8H,4-5H2,1H3. The average molecular weight is 323 g/mol. The summed E-state index contributed by atoms with van der Waals surface area (Å²) in [6, 6.07) is 5.17. The van der Waals surface area contributed by atoms with E-state index in [1.54, 1.807) is 18.2 Å². The molecule has 0 amide bonds. The molecule has 108 valence electrons. The molecule has 0 radical (unpaired) electrons. The van der Waals surface area contributed by atoms with Crippen LogP contribution in [-0.4, -0.2) is 19.9 Å². The molecule has 0 spiro atoms. The fourth-order valence-electron chi connectivity index (χ4n) is 1.94. The third kappa shape index (κ3) is 3.25. The van der Waals surface area contributed by atoms with Crippen molar-refractivity contribution in [3.05, 3.63) is 52.1 Å². The normalized spacial score (nSPS) is 11.0. The van der Waals surface area contributed by atoms with Crippen LogP contribution in [0.3, 0.4) is 0 Å². The fourth-order valence-corrected chi connectivity index (χ4v) is 2.43. The minimum Gasteiger partial charge on any atom is -0.339 e. The van der Waals surface area contributed by atoms with Crippen LogP contribution in [0.15, 0.2) is 35.1 Å². The quantitative estimate of drug-likeness (QED) is 0.733. The molecule has 1 aromatic carbocycles. The zero-order chi connectivity index (χ0) is 14.8. The molecule has 0 bridgehead atoms. The lowest BCUT2D eigenvalue weighted by molar-refractivity contribution is 0.369. The van der Waals surface area contributed by atoms with Crippen LogP contribution in [-0.2, 0) is 13.0 Å². The topological polar surface area (TPSA) is 56.7 Å². The summed E-state index contributed by atoms with van der Waals surface area (Å²) in [5, 5.41) is 9.23. The molecule has 7 heteroatoms. The van der Waals surface area contributed by atoms with Crippen molar-refractivity contribution in [1.82, 2.24) is 19.9 Å². The van der Waals surface area contributed by atoms with Gasteiger partial charge in [0.2, 0.25) is 11.7 Å². The molecule has 2 heterocycles. The highest BCUT2D eigenvalue weighted by molar-refractivity contribution is 6.36. The van der Waals surface area contributed by atoms with Gasteiger partial charge in [-0.15, -0.1) is 0 Å². The first kappa shape index (κ1) is 14.1. The van der Waals surface area contributed by atoms with Crippen molar-refractivity contribution in [3.8, 4) is 11.4 Å². The Kier molecular flexibility index (Phi) is 3.94. The Balaban J connectivity index is 1.74. The molecule has 3 aromatic rings. The van der Waals surface area contributed by atoms with E-state index in [4.69, 9.17) is 27.7 Å². The maximum atomic E-state index is 6.13. The average Bonchev–Trinajstić information content (AvgIpc) is 3.05. The molecule has 0 saturated heterocycles. The number of aromatic nitrogens is 4. The minimum atomic E-state index is 0.461. The highest BCUT2D eigenvalue weighted by Crippen LogP contribution is 2.28. The first-order valence-electron chi connectivity index (χ1n) is 6.39. The summed E-state index contributed by atoms with van der Waals surface area (Å²) >= 11 is 12.0. The maximum Gasteiger partial charge on any atom is 0.228 e. The van der Waals surface area contributed by atoms with Crippen LogP contribution in [0.1, 0.15) is 11.5 Å². The number of nitrogens with zero attached hydrogens (tertiary/aromatic N) is 4. The highest BCUT2D eigenvalue weighted by atomic mass is 35.5. The van der Waals surface area contributed by atoms with Crippen LogP contribution < -0.4 is 0 Å². The van der Waals surface area contributed by atoms with E-state index in [1.165, 1.54) is 0 Å². The lowest BCUT2D eigenvalue weighted by atomic mass is 10.2. The van der Waals surface area contributed by atoms with Crippen molar-refractivity contribution >= 4 is 23.2 Å². The molecule has 0 fully saturated rings. The van der Waals surface area contributed by atoms with Gasteiger partial charge in [-0.05, 0) is 30.7 Å². The van der Waals surface area contributed by atoms with Crippen molar-refractivity contribution in [3.63, 3.8) is 0 Å². The lowest BCUT2D eigenvalue weighted by Crippen LogP contribution is -2.01. The van der Waals surface area contributed by atoms with Crippen LogP contribution in [0, 0.1) is 6.92 Å². The van der Waals surface area contributed by atoms with E-state index >= 15 is 0 Å². The molecule has 0 aliphatic rings. The summed E-state index contributed by atoms with van der Waals surface area (Å²) in [6.07, 6.45) is 4.39. The zero-order valence-corrected chi connectivity index (χ0v) is 12.8. The number of aryl methyl sites for hydroxylation is 3. The maximum absolute atomic E-state index is 6.13. The smallest absolute Gasteiger partial charge is 0.228 e. The lowest BCUT2D eigenvalue weighted by Gasteiger charge is -1.98. The van der Waals surface area contributed by atoms with Gasteiger partial charge in [0.25, 0.3) is 0 Å². The number of hydrogen-bond acceptors (Lipinski definition) is 4. The minimum absolute atomic E-state index is 0.461. The van der Waals surface area contributed by atoms with Crippen LogP contribution in [0.2, 0.25) is 10.0 Å². The number of hydrogen-bond donors (Lipinski definition) is 0. The van der Waals surface area contributed by atoms with Gasteiger partial charge < -0.3 is 4.52 Å². The zero-order valence-electron chi connectivity index (χ0n) is 11.3. The first-order chi connectivity index (χ1) is 10.1. The van der Waals surface area contributed by atoms with Gasteiger partial charge in [-0.2, -0.15) is 10.1 Å². The van der Waals surface area contributed by atoms with E-state index in [2.05, 4.69) is 15.2 Å². The molecule has 0 aliphatic heterocycles. The molecule has 3 rings (SSSR count). The third-order valence-corrected chi connectivity index (χ3v) is 3.51. The van der Waals surface area contributed by atoms with Crippen molar-refractivity contribution in [1.29, 1.82) is 0 Å². The molecule has 0 saturated carbocycles. The van der Waals surface area contributed by atoms with Gasteiger partial charge in [-0.3, -0.25) is 4.68 Å². The summed E-state index contributed by atoms with van der Waals surface area (Å²) in [5.74, 6) is 1.01. The van der Waals surface area contributed by atoms with Gasteiger partial charge in [0.15, 0.2) is 0 Å². The van der Waals surface area contributed by atoms with E-state index in [9.17, 15) is 0 Å². The highest BCUT2D eigenvalue weighted by Gasteiger charge is 2.12. The molecule has 0 unspecified atom stereocenters. The van der Waals surface area contributed by atoms with E-state index in [0.717, 1.165) is 5.56 Å². The van der Waals surface area contributed by atoms with Crippen LogP contribution in [0.25, 0.3) is 11.4 Å². The van der Waals surface area contributed by atoms with E-state index < -0.39 is 0 Å². The second-order valence-electron chi connectivity index (χ2n) is 4.67. The van der Waals surface area contributed by atoms with Crippen molar-refractivity contribution in [2.45, 2.75) is 19.9 Å². The number of benzene rings is 1. The molecule has 0 atom stereocenters. The molecular formula is C14H12Cl2N4O. The fraction of sp³-hybridized carbons (Fsp3) is 0.214. The summed E-state index contributed by atoms with van der Waals surface area (Å²) in [5.41, 5.74) is 1.82. The van der Waals surface area contributed by atoms with Gasteiger partial charge in [0.05, 0.1) is 11.2 Å². The Morgan fingerprint density at radius 1 is 1.29 bits per heavy atom. The summed E-state index contributed by atoms with van der Waals surface area (Å²) in [7, 11) is 0. The molecule has 0 N–H and O–H groups in total. The van der Waals surface area contributed by atoms with Crippen molar-refractivity contribution in [2.75, 3.05) is 0 Å². The second-order valence-corrected chi connectivity index (χ2v) is 5.51. The predicted octanol–water partition coefficient (Wildman–Crippen LogP) is 3.79. The largest absolute Gasteiger partial charge is 0.339 e. The van der Waals surface area contributed by atoms with Crippen LogP contribution >= 0.6 is 23.2 Å². The number of halogens is 2. The molecule has 2 aromatic heterocycles. The Morgan fingerprint density at radius 3 is 2.86 bits per heavy atom. The Morgan fingerprint density at radius 2 is 2.14 bits per heavy atom. The van der Waals surface area contributed by atoms with E-state index in [0.29, 0.717) is 40.3 Å². The SMILES string of the molecule is Cc1cnn(CCc2nc(-c3ccc(Cl)cc3Cl)no2)c1. The summed E-state index contributed by atoms with van der Waals surface area (Å²) < 4.78 is 7.08. The van der Waals surface area contributed by atoms with Gasteiger partial charge in [0, 0.05) is 29.7 Å². The molecule has 0 aliphatic carbocycles.